The molecule has 2 aromatic carbocycles. The van der Waals surface area contributed by atoms with E-state index in [9.17, 15) is 19.7 Å². The van der Waals surface area contributed by atoms with E-state index in [0.717, 1.165) is 0 Å². The van der Waals surface area contributed by atoms with E-state index in [2.05, 4.69) is 0 Å². The molecule has 0 unspecified atom stereocenters. The first kappa shape index (κ1) is 18.1. The second-order valence-electron chi connectivity index (χ2n) is 5.16. The Balaban J connectivity index is 2.51. The minimum atomic E-state index is -0.564. The maximum Gasteiger partial charge on any atom is 0.310 e. The molecule has 7 heteroatoms. The van der Waals surface area contributed by atoms with Crippen molar-refractivity contribution in [2.24, 2.45) is 0 Å². The number of non-ortho nitro benzene ring substituents is 1. The van der Waals surface area contributed by atoms with E-state index < -0.39 is 4.92 Å². The van der Waals surface area contributed by atoms with E-state index in [0.29, 0.717) is 35.3 Å². The molecule has 25 heavy (non-hydrogen) atoms. The van der Waals surface area contributed by atoms with Crippen LogP contribution in [0, 0.1) is 10.1 Å². The summed E-state index contributed by atoms with van der Waals surface area (Å²) in [4.78, 5) is 33.4. The zero-order valence-electron chi connectivity index (χ0n) is 13.9. The highest BCUT2D eigenvalue weighted by Gasteiger charge is 2.16. The summed E-state index contributed by atoms with van der Waals surface area (Å²) in [5.41, 5.74) is 1.74. The zero-order valence-corrected chi connectivity index (χ0v) is 13.9. The molecule has 7 nitrogen and oxygen atoms in total. The third-order valence-electron chi connectivity index (χ3n) is 3.58. The summed E-state index contributed by atoms with van der Waals surface area (Å²) in [5, 5.41) is 10.9. The van der Waals surface area contributed by atoms with Gasteiger partial charge in [-0.05, 0) is 36.2 Å². The van der Waals surface area contributed by atoms with E-state index in [1.54, 1.807) is 25.1 Å². The second-order valence-corrected chi connectivity index (χ2v) is 5.16. The molecule has 0 N–H and O–H groups in total. The normalized spacial score (nSPS) is 10.2. The first-order chi connectivity index (χ1) is 12.0. The fraction of sp³-hybridized carbons (Fsp3) is 0.222. The lowest BCUT2D eigenvalue weighted by atomic mass is 9.96. The number of nitrogens with zero attached hydrogens (tertiary/aromatic N) is 1. The fourth-order valence-corrected chi connectivity index (χ4v) is 2.46. The molecule has 0 saturated carbocycles. The molecule has 0 aliphatic carbocycles. The van der Waals surface area contributed by atoms with Gasteiger partial charge in [0.25, 0.3) is 5.69 Å². The summed E-state index contributed by atoms with van der Waals surface area (Å²) >= 11 is 0. The molecule has 130 valence electrons. The lowest BCUT2D eigenvalue weighted by Gasteiger charge is -2.12. The van der Waals surface area contributed by atoms with Gasteiger partial charge in [-0.1, -0.05) is 6.07 Å². The minimum Gasteiger partial charge on any atom is -0.496 e. The van der Waals surface area contributed by atoms with Crippen molar-refractivity contribution in [1.82, 2.24) is 0 Å². The maximum absolute atomic E-state index is 11.7. The Morgan fingerprint density at radius 1 is 1.20 bits per heavy atom. The summed E-state index contributed by atoms with van der Waals surface area (Å²) in [6, 6.07) is 9.14. The SMILES string of the molecule is CCOC(=O)Cc1ccc(OC)c(-c2ccc([N+](=O)[O-])cc2C=O)c1. The number of carbonyl (C=O) groups is 2. The Morgan fingerprint density at radius 2 is 1.96 bits per heavy atom. The summed E-state index contributed by atoms with van der Waals surface area (Å²) < 4.78 is 10.3. The molecule has 2 rings (SSSR count). The van der Waals surface area contributed by atoms with Crippen molar-refractivity contribution in [3.8, 4) is 16.9 Å². The molecule has 0 saturated heterocycles. The molecule has 2 aromatic rings. The lowest BCUT2D eigenvalue weighted by molar-refractivity contribution is -0.384. The van der Waals surface area contributed by atoms with E-state index in [4.69, 9.17) is 9.47 Å². The Bertz CT molecular complexity index is 815. The van der Waals surface area contributed by atoms with Crippen LogP contribution in [-0.2, 0) is 16.0 Å². The fourth-order valence-electron chi connectivity index (χ4n) is 2.46. The van der Waals surface area contributed by atoms with Crippen molar-refractivity contribution < 1.29 is 24.0 Å². The number of nitro groups is 1. The molecule has 0 fully saturated rings. The zero-order chi connectivity index (χ0) is 18.4. The summed E-state index contributed by atoms with van der Waals surface area (Å²) in [6.45, 7) is 2.02. The largest absolute Gasteiger partial charge is 0.496 e. The first-order valence-electron chi connectivity index (χ1n) is 7.56. The van der Waals surface area contributed by atoms with Crippen LogP contribution in [0.25, 0.3) is 11.1 Å². The maximum atomic E-state index is 11.7. The van der Waals surface area contributed by atoms with Crippen LogP contribution in [0.4, 0.5) is 5.69 Å². The predicted molar refractivity (Wildman–Crippen MR) is 90.8 cm³/mol. The molecule has 0 heterocycles. The molecule has 0 spiro atoms. The van der Waals surface area contributed by atoms with Gasteiger partial charge in [0.15, 0.2) is 6.29 Å². The molecular formula is C18H17NO6. The highest BCUT2D eigenvalue weighted by Crippen LogP contribution is 2.34. The van der Waals surface area contributed by atoms with Gasteiger partial charge >= 0.3 is 5.97 Å². The quantitative estimate of drug-likeness (QED) is 0.331. The molecular weight excluding hydrogens is 326 g/mol. The van der Waals surface area contributed by atoms with Crippen LogP contribution in [0.2, 0.25) is 0 Å². The van der Waals surface area contributed by atoms with Gasteiger partial charge in [0.1, 0.15) is 5.75 Å². The van der Waals surface area contributed by atoms with Crippen molar-refractivity contribution in [2.75, 3.05) is 13.7 Å². The third-order valence-corrected chi connectivity index (χ3v) is 3.58. The number of hydrogen-bond donors (Lipinski definition) is 0. The smallest absolute Gasteiger partial charge is 0.310 e. The lowest BCUT2D eigenvalue weighted by Crippen LogP contribution is -2.07. The van der Waals surface area contributed by atoms with Crippen LogP contribution in [0.15, 0.2) is 36.4 Å². The molecule has 0 bridgehead atoms. The monoisotopic (exact) mass is 343 g/mol. The van der Waals surface area contributed by atoms with Crippen molar-refractivity contribution >= 4 is 17.9 Å². The number of nitro benzene ring substituents is 1. The van der Waals surface area contributed by atoms with E-state index in [-0.39, 0.29) is 23.6 Å². The van der Waals surface area contributed by atoms with Crippen molar-refractivity contribution in [3.05, 3.63) is 57.6 Å². The van der Waals surface area contributed by atoms with Gasteiger partial charge in [-0.25, -0.2) is 0 Å². The van der Waals surface area contributed by atoms with Crippen LogP contribution < -0.4 is 4.74 Å². The van der Waals surface area contributed by atoms with E-state index >= 15 is 0 Å². The average Bonchev–Trinajstić information content (AvgIpc) is 2.61. The number of benzene rings is 2. The van der Waals surface area contributed by atoms with Gasteiger partial charge in [-0.15, -0.1) is 0 Å². The molecule has 0 aliphatic rings. The topological polar surface area (TPSA) is 95.7 Å². The van der Waals surface area contributed by atoms with Crippen LogP contribution in [0.3, 0.4) is 0 Å². The van der Waals surface area contributed by atoms with Gasteiger partial charge in [0, 0.05) is 23.3 Å². The number of hydrogen-bond acceptors (Lipinski definition) is 6. The number of carbonyl (C=O) groups excluding carboxylic acids is 2. The van der Waals surface area contributed by atoms with E-state index in [1.807, 2.05) is 0 Å². The van der Waals surface area contributed by atoms with Crippen LogP contribution in [-0.4, -0.2) is 30.9 Å². The van der Waals surface area contributed by atoms with Crippen LogP contribution in [0.5, 0.6) is 5.75 Å². The van der Waals surface area contributed by atoms with Gasteiger partial charge in [0.2, 0.25) is 0 Å². The predicted octanol–water partition coefficient (Wildman–Crippen LogP) is 3.19. The van der Waals surface area contributed by atoms with E-state index in [1.165, 1.54) is 25.3 Å². The van der Waals surface area contributed by atoms with Gasteiger partial charge in [-0.2, -0.15) is 0 Å². The van der Waals surface area contributed by atoms with Crippen LogP contribution >= 0.6 is 0 Å². The number of rotatable bonds is 7. The Labute approximate surface area is 144 Å². The van der Waals surface area contributed by atoms with Crippen molar-refractivity contribution in [3.63, 3.8) is 0 Å². The first-order valence-corrected chi connectivity index (χ1v) is 7.56. The molecule has 0 radical (unpaired) electrons. The molecule has 0 aliphatic heterocycles. The van der Waals surface area contributed by atoms with Gasteiger partial charge in [-0.3, -0.25) is 19.7 Å². The van der Waals surface area contributed by atoms with Crippen molar-refractivity contribution in [1.29, 1.82) is 0 Å². The standard InChI is InChI=1S/C18H17NO6/c1-3-25-18(21)9-12-4-7-17(24-2)16(8-12)15-6-5-14(19(22)23)10-13(15)11-20/h4-8,10-11H,3,9H2,1-2H3. The van der Waals surface area contributed by atoms with Gasteiger partial charge in [0.05, 0.1) is 25.1 Å². The number of esters is 1. The molecule has 0 aromatic heterocycles. The average molecular weight is 343 g/mol. The Morgan fingerprint density at radius 3 is 2.56 bits per heavy atom. The Kier molecular flexibility index (Phi) is 5.84. The number of ether oxygens (including phenoxy) is 2. The highest BCUT2D eigenvalue weighted by atomic mass is 16.6. The second kappa shape index (κ2) is 8.05. The number of aldehydes is 1. The summed E-state index contributed by atoms with van der Waals surface area (Å²) in [5.74, 6) is 0.127. The molecule has 0 amide bonds. The molecule has 0 atom stereocenters. The third kappa shape index (κ3) is 4.20. The van der Waals surface area contributed by atoms with Crippen molar-refractivity contribution in [2.45, 2.75) is 13.3 Å². The highest BCUT2D eigenvalue weighted by molar-refractivity contribution is 5.90. The number of methoxy groups -OCH3 is 1. The van der Waals surface area contributed by atoms with Gasteiger partial charge < -0.3 is 9.47 Å². The summed E-state index contributed by atoms with van der Waals surface area (Å²) in [7, 11) is 1.48. The minimum absolute atomic E-state index is 0.0776. The summed E-state index contributed by atoms with van der Waals surface area (Å²) in [6.07, 6.45) is 0.633. The Hall–Kier alpha value is -3.22. The van der Waals surface area contributed by atoms with Crippen LogP contribution in [0.1, 0.15) is 22.8 Å².